The lowest BCUT2D eigenvalue weighted by Gasteiger charge is -2.26. The van der Waals surface area contributed by atoms with E-state index in [-0.39, 0.29) is 5.91 Å². The van der Waals surface area contributed by atoms with Crippen molar-refractivity contribution in [2.75, 3.05) is 13.1 Å². The van der Waals surface area contributed by atoms with Crippen LogP contribution in [0.4, 0.5) is 0 Å². The van der Waals surface area contributed by atoms with Gasteiger partial charge in [0.15, 0.2) is 0 Å². The molecule has 0 atom stereocenters. The largest absolute Gasteiger partial charge is 0.342 e. The molecule has 1 aromatic heterocycles. The smallest absolute Gasteiger partial charge is 0.228 e. The molecule has 16 heavy (non-hydrogen) atoms. The molecule has 1 fully saturated rings. The summed E-state index contributed by atoms with van der Waals surface area (Å²) in [6.07, 6.45) is 4.04. The average molecular weight is 221 g/mol. The van der Waals surface area contributed by atoms with Gasteiger partial charge in [-0.15, -0.1) is 0 Å². The van der Waals surface area contributed by atoms with E-state index >= 15 is 0 Å². The molecule has 0 N–H and O–H groups in total. The van der Waals surface area contributed by atoms with Crippen LogP contribution in [0.2, 0.25) is 0 Å². The normalized spacial score (nSPS) is 16.5. The Bertz CT molecular complexity index is 378. The zero-order valence-corrected chi connectivity index (χ0v) is 10.1. The summed E-state index contributed by atoms with van der Waals surface area (Å²) >= 11 is 0. The molecule has 88 valence electrons. The van der Waals surface area contributed by atoms with Crippen molar-refractivity contribution in [3.05, 3.63) is 17.5 Å². The number of carbonyl (C=O) groups is 1. The van der Waals surface area contributed by atoms with Gasteiger partial charge >= 0.3 is 0 Å². The van der Waals surface area contributed by atoms with Crippen LogP contribution in [0.5, 0.6) is 0 Å². The highest BCUT2D eigenvalue weighted by Crippen LogP contribution is 2.11. The maximum Gasteiger partial charge on any atom is 0.228 e. The molecular formula is C12H19N3O. The molecule has 0 radical (unpaired) electrons. The number of aryl methyl sites for hydroxylation is 2. The SMILES string of the molecule is Cc1cc(CC(=O)N2CCCCC2)n(C)n1. The summed E-state index contributed by atoms with van der Waals surface area (Å²) in [5, 5.41) is 4.26. The molecule has 1 aliphatic heterocycles. The monoisotopic (exact) mass is 221 g/mol. The minimum atomic E-state index is 0.239. The summed E-state index contributed by atoms with van der Waals surface area (Å²) in [4.78, 5) is 14.0. The summed E-state index contributed by atoms with van der Waals surface area (Å²) in [6, 6.07) is 1.99. The van der Waals surface area contributed by atoms with Gasteiger partial charge in [-0.2, -0.15) is 5.10 Å². The molecule has 0 spiro atoms. The van der Waals surface area contributed by atoms with Gasteiger partial charge in [0, 0.05) is 25.8 Å². The van der Waals surface area contributed by atoms with Crippen LogP contribution in [0.1, 0.15) is 30.7 Å². The summed E-state index contributed by atoms with van der Waals surface area (Å²) < 4.78 is 1.80. The van der Waals surface area contributed by atoms with E-state index in [1.165, 1.54) is 6.42 Å². The number of carbonyl (C=O) groups excluding carboxylic acids is 1. The van der Waals surface area contributed by atoms with E-state index in [9.17, 15) is 4.79 Å². The number of likely N-dealkylation sites (tertiary alicyclic amines) is 1. The topological polar surface area (TPSA) is 38.1 Å². The predicted octanol–water partition coefficient (Wildman–Crippen LogP) is 1.28. The van der Waals surface area contributed by atoms with E-state index < -0.39 is 0 Å². The summed E-state index contributed by atoms with van der Waals surface area (Å²) in [7, 11) is 1.89. The number of nitrogens with zero attached hydrogens (tertiary/aromatic N) is 3. The van der Waals surface area contributed by atoms with Crippen molar-refractivity contribution in [2.24, 2.45) is 7.05 Å². The molecule has 0 unspecified atom stereocenters. The van der Waals surface area contributed by atoms with Gasteiger partial charge in [-0.1, -0.05) is 0 Å². The Kier molecular flexibility index (Phi) is 3.27. The third-order valence-corrected chi connectivity index (χ3v) is 3.14. The molecule has 2 rings (SSSR count). The lowest BCUT2D eigenvalue weighted by Crippen LogP contribution is -2.36. The number of amides is 1. The molecule has 1 amide bonds. The quantitative estimate of drug-likeness (QED) is 0.754. The second-order valence-electron chi connectivity index (χ2n) is 4.52. The molecule has 0 aliphatic carbocycles. The van der Waals surface area contributed by atoms with Crippen molar-refractivity contribution in [3.8, 4) is 0 Å². The first-order valence-electron chi connectivity index (χ1n) is 5.94. The van der Waals surface area contributed by atoms with Crippen LogP contribution < -0.4 is 0 Å². The minimum Gasteiger partial charge on any atom is -0.342 e. The molecule has 4 nitrogen and oxygen atoms in total. The van der Waals surface area contributed by atoms with Crippen molar-refractivity contribution >= 4 is 5.91 Å². The number of piperidine rings is 1. The Hall–Kier alpha value is -1.32. The van der Waals surface area contributed by atoms with Gasteiger partial charge in [0.25, 0.3) is 0 Å². The fourth-order valence-electron chi connectivity index (χ4n) is 2.24. The van der Waals surface area contributed by atoms with Gasteiger partial charge < -0.3 is 4.90 Å². The van der Waals surface area contributed by atoms with Gasteiger partial charge in [0.2, 0.25) is 5.91 Å². The Morgan fingerprint density at radius 2 is 2.06 bits per heavy atom. The van der Waals surface area contributed by atoms with E-state index in [1.807, 2.05) is 24.9 Å². The van der Waals surface area contributed by atoms with Crippen LogP contribution in [0.25, 0.3) is 0 Å². The lowest BCUT2D eigenvalue weighted by molar-refractivity contribution is -0.131. The van der Waals surface area contributed by atoms with Gasteiger partial charge in [-0.3, -0.25) is 9.48 Å². The van der Waals surface area contributed by atoms with Crippen LogP contribution >= 0.6 is 0 Å². The molecule has 0 saturated carbocycles. The fraction of sp³-hybridized carbons (Fsp3) is 0.667. The first kappa shape index (κ1) is 11.2. The fourth-order valence-corrected chi connectivity index (χ4v) is 2.24. The predicted molar refractivity (Wildman–Crippen MR) is 62.1 cm³/mol. The summed E-state index contributed by atoms with van der Waals surface area (Å²) in [5.74, 6) is 0.239. The van der Waals surface area contributed by atoms with Crippen LogP contribution in [-0.4, -0.2) is 33.7 Å². The van der Waals surface area contributed by atoms with E-state index in [4.69, 9.17) is 0 Å². The Labute approximate surface area is 96.2 Å². The zero-order valence-electron chi connectivity index (χ0n) is 10.1. The second-order valence-corrected chi connectivity index (χ2v) is 4.52. The first-order valence-corrected chi connectivity index (χ1v) is 5.94. The molecule has 4 heteroatoms. The van der Waals surface area contributed by atoms with E-state index in [2.05, 4.69) is 5.10 Å². The minimum absolute atomic E-state index is 0.239. The Morgan fingerprint density at radius 1 is 1.38 bits per heavy atom. The standard InChI is InChI=1S/C12H19N3O/c1-10-8-11(14(2)13-10)9-12(16)15-6-4-3-5-7-15/h8H,3-7,9H2,1-2H3. The van der Waals surface area contributed by atoms with Crippen LogP contribution in [0.3, 0.4) is 0 Å². The number of rotatable bonds is 2. The summed E-state index contributed by atoms with van der Waals surface area (Å²) in [6.45, 7) is 3.81. The van der Waals surface area contributed by atoms with Gasteiger partial charge in [0.05, 0.1) is 12.1 Å². The van der Waals surface area contributed by atoms with Gasteiger partial charge in [-0.25, -0.2) is 0 Å². The first-order chi connectivity index (χ1) is 7.66. The zero-order chi connectivity index (χ0) is 11.5. The highest BCUT2D eigenvalue weighted by atomic mass is 16.2. The third-order valence-electron chi connectivity index (χ3n) is 3.14. The average Bonchev–Trinajstić information content (AvgIpc) is 2.59. The van der Waals surface area contributed by atoms with Crippen molar-refractivity contribution in [2.45, 2.75) is 32.6 Å². The third kappa shape index (κ3) is 2.43. The maximum absolute atomic E-state index is 12.0. The molecule has 0 aromatic carbocycles. The van der Waals surface area contributed by atoms with Crippen molar-refractivity contribution < 1.29 is 4.79 Å². The van der Waals surface area contributed by atoms with Crippen LogP contribution in [0, 0.1) is 6.92 Å². The number of hydrogen-bond donors (Lipinski definition) is 0. The van der Waals surface area contributed by atoms with E-state index in [0.29, 0.717) is 6.42 Å². The van der Waals surface area contributed by atoms with Crippen molar-refractivity contribution in [3.63, 3.8) is 0 Å². The van der Waals surface area contributed by atoms with Gasteiger partial charge in [-0.05, 0) is 32.3 Å². The molecule has 1 saturated heterocycles. The van der Waals surface area contributed by atoms with E-state index in [0.717, 1.165) is 37.3 Å². The highest BCUT2D eigenvalue weighted by molar-refractivity contribution is 5.78. The molecule has 2 heterocycles. The second kappa shape index (κ2) is 4.68. The maximum atomic E-state index is 12.0. The Morgan fingerprint density at radius 3 is 2.62 bits per heavy atom. The molecule has 0 bridgehead atoms. The Balaban J connectivity index is 1.98. The van der Waals surface area contributed by atoms with E-state index in [1.54, 1.807) is 4.68 Å². The van der Waals surface area contributed by atoms with Crippen molar-refractivity contribution in [1.82, 2.24) is 14.7 Å². The van der Waals surface area contributed by atoms with Crippen LogP contribution in [0.15, 0.2) is 6.07 Å². The van der Waals surface area contributed by atoms with Crippen molar-refractivity contribution in [1.29, 1.82) is 0 Å². The summed E-state index contributed by atoms with van der Waals surface area (Å²) in [5.41, 5.74) is 1.98. The lowest BCUT2D eigenvalue weighted by atomic mass is 10.1. The van der Waals surface area contributed by atoms with Gasteiger partial charge in [0.1, 0.15) is 0 Å². The number of aromatic nitrogens is 2. The van der Waals surface area contributed by atoms with Crippen LogP contribution in [-0.2, 0) is 18.3 Å². The molecular weight excluding hydrogens is 202 g/mol. The number of hydrogen-bond acceptors (Lipinski definition) is 2. The molecule has 1 aromatic rings. The molecule has 1 aliphatic rings. The highest BCUT2D eigenvalue weighted by Gasteiger charge is 2.17.